The van der Waals surface area contributed by atoms with Gasteiger partial charge in [-0.25, -0.2) is 0 Å². The fraction of sp³-hybridized carbons (Fsp3) is 0.333. The zero-order chi connectivity index (χ0) is 18.1. The molecule has 2 aromatic rings. The van der Waals surface area contributed by atoms with Gasteiger partial charge >= 0.3 is 0 Å². The maximum atomic E-state index is 12.4. The van der Waals surface area contributed by atoms with Gasteiger partial charge in [0, 0.05) is 32.7 Å². The highest BCUT2D eigenvalue weighted by molar-refractivity contribution is 7.99. The lowest BCUT2D eigenvalue weighted by atomic mass is 10.0. The molecule has 1 N–H and O–H groups in total. The number of hydrogen-bond acceptors (Lipinski definition) is 3. The number of aliphatic imine (C=N–C) groups is 1. The fourth-order valence-electron chi connectivity index (χ4n) is 2.95. The van der Waals surface area contributed by atoms with Crippen molar-refractivity contribution < 1.29 is 4.79 Å². The van der Waals surface area contributed by atoms with Crippen molar-refractivity contribution in [3.05, 3.63) is 52.6 Å². The molecule has 1 heterocycles. The zero-order valence-corrected chi connectivity index (χ0v) is 16.3. The molecule has 25 heavy (non-hydrogen) atoms. The van der Waals surface area contributed by atoms with Crippen molar-refractivity contribution >= 4 is 29.1 Å². The van der Waals surface area contributed by atoms with E-state index in [1.54, 1.807) is 11.8 Å². The average molecular weight is 353 g/mol. The van der Waals surface area contributed by atoms with E-state index in [1.165, 1.54) is 21.6 Å². The number of carbonyl (C=O) groups is 1. The Kier molecular flexibility index (Phi) is 5.00. The van der Waals surface area contributed by atoms with Gasteiger partial charge in [0.25, 0.3) is 5.91 Å². The van der Waals surface area contributed by atoms with Gasteiger partial charge in [-0.15, -0.1) is 0 Å². The van der Waals surface area contributed by atoms with Gasteiger partial charge < -0.3 is 5.32 Å². The maximum Gasteiger partial charge on any atom is 0.251 e. The Morgan fingerprint density at radius 2 is 1.88 bits per heavy atom. The number of nitrogens with zero attached hydrogens (tertiary/aromatic N) is 1. The molecule has 1 atom stereocenters. The summed E-state index contributed by atoms with van der Waals surface area (Å²) >= 11 is 1.74. The second-order valence-electron chi connectivity index (χ2n) is 6.67. The van der Waals surface area contributed by atoms with Crippen molar-refractivity contribution in [2.75, 3.05) is 0 Å². The molecule has 0 aromatic heterocycles. The van der Waals surface area contributed by atoms with E-state index in [1.807, 2.05) is 32.0 Å². The molecule has 0 spiro atoms. The topological polar surface area (TPSA) is 41.5 Å². The first-order valence-electron chi connectivity index (χ1n) is 8.69. The van der Waals surface area contributed by atoms with E-state index in [4.69, 9.17) is 4.99 Å². The van der Waals surface area contributed by atoms with Crippen LogP contribution in [0.5, 0.6) is 0 Å². The van der Waals surface area contributed by atoms with Crippen LogP contribution in [0.15, 0.2) is 45.1 Å². The third kappa shape index (κ3) is 3.49. The Bertz CT molecular complexity index is 870. The average Bonchev–Trinajstić information content (AvgIpc) is 2.73. The van der Waals surface area contributed by atoms with Crippen LogP contribution < -0.4 is 5.32 Å². The highest BCUT2D eigenvalue weighted by Crippen LogP contribution is 2.43. The van der Waals surface area contributed by atoms with E-state index in [2.05, 4.69) is 38.2 Å². The lowest BCUT2D eigenvalue weighted by Gasteiger charge is -2.13. The van der Waals surface area contributed by atoms with Crippen LogP contribution in [0.2, 0.25) is 0 Å². The second kappa shape index (κ2) is 7.04. The number of benzene rings is 2. The fourth-order valence-corrected chi connectivity index (χ4v) is 4.16. The van der Waals surface area contributed by atoms with Crippen molar-refractivity contribution in [2.24, 2.45) is 4.99 Å². The first-order valence-corrected chi connectivity index (χ1v) is 9.51. The molecule has 4 heteroatoms. The van der Waals surface area contributed by atoms with Crippen LogP contribution >= 0.6 is 11.8 Å². The van der Waals surface area contributed by atoms with Crippen molar-refractivity contribution in [2.45, 2.75) is 56.9 Å². The summed E-state index contributed by atoms with van der Waals surface area (Å²) in [7, 11) is 0. The van der Waals surface area contributed by atoms with Crippen LogP contribution in [0.3, 0.4) is 0 Å². The van der Waals surface area contributed by atoms with E-state index in [9.17, 15) is 4.79 Å². The largest absolute Gasteiger partial charge is 0.350 e. The standard InChI is InChI=1S/C21H24N2OS/c1-6-14(4)22-21(24)16-9-10-18-17(11-16)23-15(5)19-12(2)7-8-13(3)20(19)25-18/h7-11,14H,6H2,1-5H3,(H,22,24). The number of hydrogen-bond donors (Lipinski definition) is 1. The van der Waals surface area contributed by atoms with E-state index < -0.39 is 0 Å². The van der Waals surface area contributed by atoms with Gasteiger partial charge in [-0.2, -0.15) is 0 Å². The summed E-state index contributed by atoms with van der Waals surface area (Å²) in [6.45, 7) is 10.4. The van der Waals surface area contributed by atoms with E-state index in [-0.39, 0.29) is 11.9 Å². The highest BCUT2D eigenvalue weighted by atomic mass is 32.2. The minimum absolute atomic E-state index is 0.0378. The number of aryl methyl sites for hydroxylation is 2. The van der Waals surface area contributed by atoms with Gasteiger partial charge in [-0.3, -0.25) is 9.79 Å². The molecular formula is C21H24N2OS. The number of fused-ring (bicyclic) bond motifs is 2. The number of amides is 1. The SMILES string of the molecule is CCC(C)NC(=O)c1ccc2c(c1)N=C(C)c1c(C)ccc(C)c1S2. The van der Waals surface area contributed by atoms with Crippen LogP contribution in [-0.4, -0.2) is 17.7 Å². The molecule has 1 unspecified atom stereocenters. The van der Waals surface area contributed by atoms with Crippen molar-refractivity contribution in [1.29, 1.82) is 0 Å². The molecule has 2 aromatic carbocycles. The Morgan fingerprint density at radius 1 is 1.16 bits per heavy atom. The van der Waals surface area contributed by atoms with Crippen molar-refractivity contribution in [1.82, 2.24) is 5.32 Å². The molecule has 130 valence electrons. The summed E-state index contributed by atoms with van der Waals surface area (Å²) in [6.07, 6.45) is 0.914. The molecule has 1 aliphatic heterocycles. The number of rotatable bonds is 3. The minimum atomic E-state index is -0.0378. The van der Waals surface area contributed by atoms with E-state index in [0.717, 1.165) is 22.7 Å². The summed E-state index contributed by atoms with van der Waals surface area (Å²) < 4.78 is 0. The molecule has 1 amide bonds. The Labute approximate surface area is 153 Å². The lowest BCUT2D eigenvalue weighted by molar-refractivity contribution is 0.0939. The van der Waals surface area contributed by atoms with Gasteiger partial charge in [0.05, 0.1) is 5.69 Å². The first kappa shape index (κ1) is 17.7. The summed E-state index contributed by atoms with van der Waals surface area (Å²) in [5, 5.41) is 3.02. The third-order valence-corrected chi connectivity index (χ3v) is 5.93. The maximum absolute atomic E-state index is 12.4. The van der Waals surface area contributed by atoms with Gasteiger partial charge in [0.15, 0.2) is 0 Å². The molecule has 0 aliphatic carbocycles. The predicted octanol–water partition coefficient (Wildman–Crippen LogP) is 5.44. The van der Waals surface area contributed by atoms with Crippen LogP contribution in [0.25, 0.3) is 0 Å². The summed E-state index contributed by atoms with van der Waals surface area (Å²) in [5.41, 5.74) is 6.24. The molecule has 0 saturated heterocycles. The van der Waals surface area contributed by atoms with Crippen molar-refractivity contribution in [3.8, 4) is 0 Å². The van der Waals surface area contributed by atoms with E-state index >= 15 is 0 Å². The Balaban J connectivity index is 2.04. The molecule has 1 aliphatic rings. The predicted molar refractivity (Wildman–Crippen MR) is 106 cm³/mol. The number of carbonyl (C=O) groups excluding carboxylic acids is 1. The van der Waals surface area contributed by atoms with Crippen LogP contribution in [0.1, 0.15) is 54.2 Å². The quantitative estimate of drug-likeness (QED) is 0.799. The molecule has 3 rings (SSSR count). The molecule has 0 bridgehead atoms. The van der Waals surface area contributed by atoms with Crippen LogP contribution in [-0.2, 0) is 0 Å². The number of nitrogens with one attached hydrogen (secondary N) is 1. The third-order valence-electron chi connectivity index (χ3n) is 4.64. The summed E-state index contributed by atoms with van der Waals surface area (Å²) in [4.78, 5) is 19.6. The van der Waals surface area contributed by atoms with Gasteiger partial charge in [0.1, 0.15) is 0 Å². The molecular weight excluding hydrogens is 328 g/mol. The van der Waals surface area contributed by atoms with E-state index in [0.29, 0.717) is 5.56 Å². The summed E-state index contributed by atoms with van der Waals surface area (Å²) in [5.74, 6) is -0.0378. The lowest BCUT2D eigenvalue weighted by Crippen LogP contribution is -2.31. The molecule has 3 nitrogen and oxygen atoms in total. The Hall–Kier alpha value is -2.07. The van der Waals surface area contributed by atoms with Crippen LogP contribution in [0.4, 0.5) is 5.69 Å². The molecule has 0 fully saturated rings. The van der Waals surface area contributed by atoms with Gasteiger partial charge in [-0.05, 0) is 63.4 Å². The van der Waals surface area contributed by atoms with Gasteiger partial charge in [0.2, 0.25) is 0 Å². The highest BCUT2D eigenvalue weighted by Gasteiger charge is 2.20. The second-order valence-corrected chi connectivity index (χ2v) is 7.72. The molecule has 0 radical (unpaired) electrons. The smallest absolute Gasteiger partial charge is 0.251 e. The summed E-state index contributed by atoms with van der Waals surface area (Å²) in [6, 6.07) is 10.3. The molecule has 0 saturated carbocycles. The van der Waals surface area contributed by atoms with Gasteiger partial charge in [-0.1, -0.05) is 30.8 Å². The van der Waals surface area contributed by atoms with Crippen molar-refractivity contribution in [3.63, 3.8) is 0 Å². The monoisotopic (exact) mass is 352 g/mol. The minimum Gasteiger partial charge on any atom is -0.350 e. The zero-order valence-electron chi connectivity index (χ0n) is 15.4. The normalized spacial score (nSPS) is 14.0. The first-order chi connectivity index (χ1) is 11.9. The Morgan fingerprint density at radius 3 is 2.60 bits per heavy atom. The van der Waals surface area contributed by atoms with Crippen LogP contribution in [0, 0.1) is 13.8 Å².